The fraction of sp³-hybridized carbons (Fsp3) is 0.538. The molecule has 0 radical (unpaired) electrons. The van der Waals surface area contributed by atoms with Crippen molar-refractivity contribution in [3.8, 4) is 0 Å². The van der Waals surface area contributed by atoms with E-state index in [9.17, 15) is 9.59 Å². The van der Waals surface area contributed by atoms with Crippen molar-refractivity contribution in [1.82, 2.24) is 15.5 Å². The number of aldehydes is 1. The van der Waals surface area contributed by atoms with Gasteiger partial charge in [0.25, 0.3) is 5.91 Å². The summed E-state index contributed by atoms with van der Waals surface area (Å²) in [4.78, 5) is 24.4. The molecule has 1 aliphatic heterocycles. The molecular formula is C13H18N4O2. The van der Waals surface area contributed by atoms with Crippen LogP contribution in [0.5, 0.6) is 0 Å². The van der Waals surface area contributed by atoms with Crippen LogP contribution in [0.25, 0.3) is 0 Å². The first-order chi connectivity index (χ1) is 9.24. The lowest BCUT2D eigenvalue weighted by Crippen LogP contribution is -2.36. The first kappa shape index (κ1) is 13.5. The van der Waals surface area contributed by atoms with Crippen LogP contribution in [-0.2, 0) is 4.79 Å². The second-order valence-corrected chi connectivity index (χ2v) is 4.62. The molecule has 0 aromatic carbocycles. The van der Waals surface area contributed by atoms with Crippen molar-refractivity contribution in [2.75, 3.05) is 24.5 Å². The minimum Gasteiger partial charge on any atom is -0.354 e. The van der Waals surface area contributed by atoms with Gasteiger partial charge in [-0.3, -0.25) is 4.79 Å². The molecule has 0 spiro atoms. The largest absolute Gasteiger partial charge is 0.354 e. The van der Waals surface area contributed by atoms with Crippen LogP contribution < -0.4 is 10.2 Å². The number of hydrogen-bond acceptors (Lipinski definition) is 5. The third-order valence-electron chi connectivity index (χ3n) is 3.19. The van der Waals surface area contributed by atoms with Gasteiger partial charge in [0, 0.05) is 25.6 Å². The lowest BCUT2D eigenvalue weighted by Gasteiger charge is -2.30. The molecule has 6 heteroatoms. The van der Waals surface area contributed by atoms with Crippen molar-refractivity contribution in [2.24, 2.45) is 5.92 Å². The molecule has 2 rings (SSSR count). The van der Waals surface area contributed by atoms with Gasteiger partial charge >= 0.3 is 0 Å². The Labute approximate surface area is 112 Å². The highest BCUT2D eigenvalue weighted by Crippen LogP contribution is 2.19. The number of rotatable bonds is 4. The van der Waals surface area contributed by atoms with Gasteiger partial charge in [-0.15, -0.1) is 10.2 Å². The summed E-state index contributed by atoms with van der Waals surface area (Å²) >= 11 is 0. The smallest absolute Gasteiger partial charge is 0.271 e. The minimum absolute atomic E-state index is 0.0682. The van der Waals surface area contributed by atoms with Crippen LogP contribution in [-0.4, -0.2) is 42.0 Å². The molecule has 0 bridgehead atoms. The first-order valence-electron chi connectivity index (χ1n) is 6.56. The summed E-state index contributed by atoms with van der Waals surface area (Å²) in [5.41, 5.74) is 0.314. The first-order valence-corrected chi connectivity index (χ1v) is 6.56. The molecule has 2 heterocycles. The second-order valence-electron chi connectivity index (χ2n) is 4.62. The fourth-order valence-corrected chi connectivity index (χ4v) is 2.20. The average molecular weight is 262 g/mol. The zero-order valence-electron chi connectivity index (χ0n) is 11.0. The van der Waals surface area contributed by atoms with Crippen LogP contribution in [0.15, 0.2) is 12.1 Å². The molecule has 1 aliphatic rings. The van der Waals surface area contributed by atoms with Crippen molar-refractivity contribution < 1.29 is 9.59 Å². The van der Waals surface area contributed by atoms with E-state index < -0.39 is 0 Å². The van der Waals surface area contributed by atoms with Crippen molar-refractivity contribution in [1.29, 1.82) is 0 Å². The van der Waals surface area contributed by atoms with Gasteiger partial charge < -0.3 is 15.0 Å². The predicted octanol–water partition coefficient (Wildman–Crippen LogP) is 0.642. The number of carbonyl (C=O) groups excluding carboxylic acids is 2. The normalized spacial score (nSPS) is 19.0. The molecule has 1 aromatic rings. The Morgan fingerprint density at radius 1 is 1.53 bits per heavy atom. The Balaban J connectivity index is 2.05. The van der Waals surface area contributed by atoms with E-state index in [1.165, 1.54) is 0 Å². The number of nitrogens with one attached hydrogen (secondary N) is 1. The molecule has 1 unspecified atom stereocenters. The van der Waals surface area contributed by atoms with Gasteiger partial charge in [-0.05, 0) is 31.9 Å². The molecule has 1 amide bonds. The Morgan fingerprint density at radius 2 is 2.37 bits per heavy atom. The average Bonchev–Trinajstić information content (AvgIpc) is 2.48. The molecule has 1 N–H and O–H groups in total. The SMILES string of the molecule is CCNC(=O)c1ccc(N2CCCC(C=O)C2)nn1. The van der Waals surface area contributed by atoms with Gasteiger partial charge in [0.15, 0.2) is 11.5 Å². The number of piperidine rings is 1. The fourth-order valence-electron chi connectivity index (χ4n) is 2.20. The number of hydrogen-bond donors (Lipinski definition) is 1. The number of aromatic nitrogens is 2. The predicted molar refractivity (Wildman–Crippen MR) is 71.0 cm³/mol. The third-order valence-corrected chi connectivity index (χ3v) is 3.19. The third kappa shape index (κ3) is 3.27. The molecule has 19 heavy (non-hydrogen) atoms. The van der Waals surface area contributed by atoms with Gasteiger partial charge in [0.2, 0.25) is 0 Å². The highest BCUT2D eigenvalue weighted by Gasteiger charge is 2.20. The molecule has 0 saturated carbocycles. The molecule has 1 saturated heterocycles. The van der Waals surface area contributed by atoms with Crippen LogP contribution in [0, 0.1) is 5.92 Å². The van der Waals surface area contributed by atoms with Crippen LogP contribution in [0.4, 0.5) is 5.82 Å². The maximum atomic E-state index is 11.6. The Bertz CT molecular complexity index is 446. The number of nitrogens with zero attached hydrogens (tertiary/aromatic N) is 3. The standard InChI is InChI=1S/C13H18N4O2/c1-2-14-13(19)11-5-6-12(16-15-11)17-7-3-4-10(8-17)9-18/h5-6,9-10H,2-4,7-8H2,1H3,(H,14,19). The summed E-state index contributed by atoms with van der Waals surface area (Å²) in [6.45, 7) is 3.97. The van der Waals surface area contributed by atoms with Gasteiger partial charge in [0.05, 0.1) is 0 Å². The number of anilines is 1. The van der Waals surface area contributed by atoms with Crippen LogP contribution >= 0.6 is 0 Å². The van der Waals surface area contributed by atoms with E-state index in [0.717, 1.165) is 31.5 Å². The van der Waals surface area contributed by atoms with E-state index in [2.05, 4.69) is 15.5 Å². The molecule has 0 aliphatic carbocycles. The quantitative estimate of drug-likeness (QED) is 0.806. The molecular weight excluding hydrogens is 244 g/mol. The maximum Gasteiger partial charge on any atom is 0.271 e. The lowest BCUT2D eigenvalue weighted by atomic mass is 10.00. The highest BCUT2D eigenvalue weighted by atomic mass is 16.1. The lowest BCUT2D eigenvalue weighted by molar-refractivity contribution is -0.111. The second kappa shape index (κ2) is 6.26. The molecule has 102 valence electrons. The number of carbonyl (C=O) groups is 2. The van der Waals surface area contributed by atoms with Crippen LogP contribution in [0.2, 0.25) is 0 Å². The van der Waals surface area contributed by atoms with Crippen LogP contribution in [0.1, 0.15) is 30.3 Å². The van der Waals surface area contributed by atoms with Crippen molar-refractivity contribution in [3.05, 3.63) is 17.8 Å². The summed E-state index contributed by atoms with van der Waals surface area (Å²) in [5, 5.41) is 10.7. The van der Waals surface area contributed by atoms with Crippen LogP contribution in [0.3, 0.4) is 0 Å². The molecule has 1 fully saturated rings. The monoisotopic (exact) mass is 262 g/mol. The zero-order valence-corrected chi connectivity index (χ0v) is 11.0. The van der Waals surface area contributed by atoms with Crippen molar-refractivity contribution >= 4 is 18.0 Å². The van der Waals surface area contributed by atoms with E-state index in [4.69, 9.17) is 0 Å². The van der Waals surface area contributed by atoms with Gasteiger partial charge in [-0.1, -0.05) is 0 Å². The molecule has 1 aromatic heterocycles. The molecule has 6 nitrogen and oxygen atoms in total. The van der Waals surface area contributed by atoms with Gasteiger partial charge in [-0.25, -0.2) is 0 Å². The summed E-state index contributed by atoms with van der Waals surface area (Å²) in [5.74, 6) is 0.573. The zero-order chi connectivity index (χ0) is 13.7. The Kier molecular flexibility index (Phi) is 4.43. The number of amides is 1. The van der Waals surface area contributed by atoms with E-state index in [1.807, 2.05) is 11.8 Å². The summed E-state index contributed by atoms with van der Waals surface area (Å²) in [6.07, 6.45) is 2.91. The minimum atomic E-state index is -0.217. The van der Waals surface area contributed by atoms with E-state index >= 15 is 0 Å². The van der Waals surface area contributed by atoms with Gasteiger partial charge in [0.1, 0.15) is 6.29 Å². The van der Waals surface area contributed by atoms with E-state index in [-0.39, 0.29) is 11.8 Å². The highest BCUT2D eigenvalue weighted by molar-refractivity contribution is 5.92. The summed E-state index contributed by atoms with van der Waals surface area (Å²) in [6, 6.07) is 3.45. The van der Waals surface area contributed by atoms with E-state index in [1.54, 1.807) is 12.1 Å². The van der Waals surface area contributed by atoms with Crippen molar-refractivity contribution in [2.45, 2.75) is 19.8 Å². The Morgan fingerprint density at radius 3 is 3.00 bits per heavy atom. The van der Waals surface area contributed by atoms with Crippen molar-refractivity contribution in [3.63, 3.8) is 0 Å². The summed E-state index contributed by atoms with van der Waals surface area (Å²) < 4.78 is 0. The summed E-state index contributed by atoms with van der Waals surface area (Å²) in [7, 11) is 0. The Hall–Kier alpha value is -1.98. The maximum absolute atomic E-state index is 11.6. The molecule has 1 atom stereocenters. The topological polar surface area (TPSA) is 75.2 Å². The van der Waals surface area contributed by atoms with Gasteiger partial charge in [-0.2, -0.15) is 0 Å². The van der Waals surface area contributed by atoms with E-state index in [0.29, 0.717) is 18.8 Å².